The van der Waals surface area contributed by atoms with Crippen molar-refractivity contribution in [2.45, 2.75) is 39.3 Å². The second-order valence-corrected chi connectivity index (χ2v) is 5.79. The third-order valence-corrected chi connectivity index (χ3v) is 3.95. The second-order valence-electron chi connectivity index (χ2n) is 4.81. The van der Waals surface area contributed by atoms with Crippen LogP contribution >= 0.6 is 11.3 Å². The van der Waals surface area contributed by atoms with Gasteiger partial charge in [-0.1, -0.05) is 6.07 Å². The van der Waals surface area contributed by atoms with Crippen LogP contribution in [0.25, 0.3) is 0 Å². The van der Waals surface area contributed by atoms with Gasteiger partial charge >= 0.3 is 6.03 Å². The third-order valence-electron chi connectivity index (χ3n) is 2.90. The Labute approximate surface area is 119 Å². The van der Waals surface area contributed by atoms with Crippen molar-refractivity contribution < 1.29 is 9.53 Å². The Bertz CT molecular complexity index is 366. The van der Waals surface area contributed by atoms with Crippen LogP contribution in [0.4, 0.5) is 4.79 Å². The number of thiophene rings is 1. The zero-order valence-corrected chi connectivity index (χ0v) is 13.0. The number of carbonyl (C=O) groups is 1. The van der Waals surface area contributed by atoms with Crippen LogP contribution in [0.5, 0.6) is 0 Å². The first kappa shape index (κ1) is 16.0. The van der Waals surface area contributed by atoms with Crippen LogP contribution < -0.4 is 5.32 Å². The van der Waals surface area contributed by atoms with Crippen molar-refractivity contribution >= 4 is 17.4 Å². The van der Waals surface area contributed by atoms with Crippen LogP contribution in [0, 0.1) is 0 Å². The summed E-state index contributed by atoms with van der Waals surface area (Å²) in [7, 11) is 1.82. The summed E-state index contributed by atoms with van der Waals surface area (Å²) in [6.07, 6.45) is 1.09. The van der Waals surface area contributed by atoms with E-state index in [9.17, 15) is 4.79 Å². The first-order valence-corrected chi connectivity index (χ1v) is 7.56. The van der Waals surface area contributed by atoms with Gasteiger partial charge in [-0.2, -0.15) is 0 Å². The lowest BCUT2D eigenvalue weighted by molar-refractivity contribution is 0.0771. The molecule has 0 aliphatic heterocycles. The molecule has 1 aromatic rings. The molecule has 19 heavy (non-hydrogen) atoms. The van der Waals surface area contributed by atoms with E-state index in [2.05, 4.69) is 11.4 Å². The Hall–Kier alpha value is -1.07. The highest BCUT2D eigenvalue weighted by molar-refractivity contribution is 7.10. The quantitative estimate of drug-likeness (QED) is 0.781. The summed E-state index contributed by atoms with van der Waals surface area (Å²) >= 11 is 1.67. The molecule has 0 aliphatic carbocycles. The van der Waals surface area contributed by atoms with E-state index in [0.29, 0.717) is 13.2 Å². The lowest BCUT2D eigenvalue weighted by Gasteiger charge is -2.24. The summed E-state index contributed by atoms with van der Waals surface area (Å²) in [4.78, 5) is 14.9. The molecule has 1 aromatic heterocycles. The molecule has 0 bridgehead atoms. The van der Waals surface area contributed by atoms with Gasteiger partial charge in [0.25, 0.3) is 0 Å². The number of hydrogen-bond acceptors (Lipinski definition) is 3. The van der Waals surface area contributed by atoms with Crippen LogP contribution in [0.2, 0.25) is 0 Å². The predicted octanol–water partition coefficient (Wildman–Crippen LogP) is 3.27. The monoisotopic (exact) mass is 284 g/mol. The van der Waals surface area contributed by atoms with Crippen molar-refractivity contribution in [2.75, 3.05) is 20.2 Å². The van der Waals surface area contributed by atoms with Crippen molar-refractivity contribution in [2.24, 2.45) is 0 Å². The second kappa shape index (κ2) is 8.17. The van der Waals surface area contributed by atoms with Crippen molar-refractivity contribution in [3.8, 4) is 0 Å². The minimum absolute atomic E-state index is 0.0366. The summed E-state index contributed by atoms with van der Waals surface area (Å²) in [5.41, 5.74) is 0. The molecule has 1 heterocycles. The molecular formula is C14H24N2O2S. The Morgan fingerprint density at radius 2 is 2.21 bits per heavy atom. The van der Waals surface area contributed by atoms with Gasteiger partial charge < -0.3 is 15.0 Å². The van der Waals surface area contributed by atoms with Gasteiger partial charge in [0.05, 0.1) is 12.1 Å². The van der Waals surface area contributed by atoms with Gasteiger partial charge in [0.1, 0.15) is 0 Å². The van der Waals surface area contributed by atoms with Crippen LogP contribution in [0.15, 0.2) is 17.5 Å². The highest BCUT2D eigenvalue weighted by atomic mass is 32.1. The number of nitrogens with one attached hydrogen (secondary N) is 1. The van der Waals surface area contributed by atoms with Gasteiger partial charge in [-0.15, -0.1) is 11.3 Å². The predicted molar refractivity (Wildman–Crippen MR) is 79.6 cm³/mol. The number of amides is 2. The SMILES string of the molecule is CC(C)OCCCNC(=O)N(C)C(C)c1cccs1. The fraction of sp³-hybridized carbons (Fsp3) is 0.643. The molecule has 1 rings (SSSR count). The lowest BCUT2D eigenvalue weighted by Crippen LogP contribution is -2.39. The lowest BCUT2D eigenvalue weighted by atomic mass is 10.2. The minimum Gasteiger partial charge on any atom is -0.379 e. The fourth-order valence-corrected chi connectivity index (χ4v) is 2.43. The zero-order valence-electron chi connectivity index (χ0n) is 12.2. The maximum Gasteiger partial charge on any atom is 0.317 e. The maximum absolute atomic E-state index is 12.0. The number of nitrogens with zero attached hydrogens (tertiary/aromatic N) is 1. The highest BCUT2D eigenvalue weighted by Crippen LogP contribution is 2.23. The molecule has 0 radical (unpaired) electrons. The van der Waals surface area contributed by atoms with Crippen molar-refractivity contribution in [3.05, 3.63) is 22.4 Å². The molecule has 2 amide bonds. The summed E-state index contributed by atoms with van der Waals surface area (Å²) in [6.45, 7) is 7.38. The number of rotatable bonds is 7. The topological polar surface area (TPSA) is 41.6 Å². The van der Waals surface area contributed by atoms with Crippen molar-refractivity contribution in [1.82, 2.24) is 10.2 Å². The van der Waals surface area contributed by atoms with E-state index in [4.69, 9.17) is 4.74 Å². The largest absolute Gasteiger partial charge is 0.379 e. The average molecular weight is 284 g/mol. The maximum atomic E-state index is 12.0. The summed E-state index contributed by atoms with van der Waals surface area (Å²) in [6, 6.07) is 4.12. The molecule has 5 heteroatoms. The van der Waals surface area contributed by atoms with Crippen molar-refractivity contribution in [1.29, 1.82) is 0 Å². The van der Waals surface area contributed by atoms with E-state index < -0.39 is 0 Å². The van der Waals surface area contributed by atoms with Gasteiger partial charge in [-0.25, -0.2) is 4.79 Å². The van der Waals surface area contributed by atoms with Crippen molar-refractivity contribution in [3.63, 3.8) is 0 Å². The van der Waals surface area contributed by atoms with E-state index in [0.717, 1.165) is 6.42 Å². The van der Waals surface area contributed by atoms with Gasteiger partial charge in [0.2, 0.25) is 0 Å². The molecule has 4 nitrogen and oxygen atoms in total. The first-order valence-electron chi connectivity index (χ1n) is 6.68. The average Bonchev–Trinajstić information content (AvgIpc) is 2.89. The molecular weight excluding hydrogens is 260 g/mol. The fourth-order valence-electron chi connectivity index (χ4n) is 1.61. The molecule has 108 valence electrons. The van der Waals surface area contributed by atoms with E-state index in [1.54, 1.807) is 16.2 Å². The molecule has 0 spiro atoms. The summed E-state index contributed by atoms with van der Waals surface area (Å²) < 4.78 is 5.43. The third kappa shape index (κ3) is 5.61. The van der Waals surface area contributed by atoms with Gasteiger partial charge in [0.15, 0.2) is 0 Å². The number of urea groups is 1. The summed E-state index contributed by atoms with van der Waals surface area (Å²) in [5, 5.41) is 4.94. The molecule has 0 aliphatic rings. The molecule has 0 saturated heterocycles. The Morgan fingerprint density at radius 1 is 1.47 bits per heavy atom. The van der Waals surface area contributed by atoms with Crippen LogP contribution in [0.1, 0.15) is 38.1 Å². The Kier molecular flexibility index (Phi) is 6.87. The van der Waals surface area contributed by atoms with E-state index >= 15 is 0 Å². The Morgan fingerprint density at radius 3 is 2.79 bits per heavy atom. The molecule has 0 saturated carbocycles. The molecule has 1 unspecified atom stereocenters. The number of ether oxygens (including phenoxy) is 1. The molecule has 1 atom stereocenters. The minimum atomic E-state index is -0.0366. The van der Waals surface area contributed by atoms with Gasteiger partial charge in [-0.3, -0.25) is 0 Å². The van der Waals surface area contributed by atoms with Gasteiger partial charge in [-0.05, 0) is 38.6 Å². The molecule has 0 fully saturated rings. The van der Waals surface area contributed by atoms with Crippen LogP contribution in [0.3, 0.4) is 0 Å². The zero-order chi connectivity index (χ0) is 14.3. The van der Waals surface area contributed by atoms with Crippen LogP contribution in [-0.4, -0.2) is 37.2 Å². The molecule has 1 N–H and O–H groups in total. The van der Waals surface area contributed by atoms with Gasteiger partial charge in [0, 0.05) is 25.1 Å². The first-order chi connectivity index (χ1) is 9.02. The van der Waals surface area contributed by atoms with E-state index in [-0.39, 0.29) is 18.2 Å². The van der Waals surface area contributed by atoms with E-state index in [1.807, 2.05) is 39.3 Å². The normalized spacial score (nSPS) is 12.5. The standard InChI is InChI=1S/C14H24N2O2S/c1-11(2)18-9-6-8-15-14(17)16(4)12(3)13-7-5-10-19-13/h5,7,10-12H,6,8-9H2,1-4H3,(H,15,17). The smallest absolute Gasteiger partial charge is 0.317 e. The van der Waals surface area contributed by atoms with E-state index in [1.165, 1.54) is 4.88 Å². The number of carbonyl (C=O) groups excluding carboxylic acids is 1. The Balaban J connectivity index is 2.25. The summed E-state index contributed by atoms with van der Waals surface area (Å²) in [5.74, 6) is 0. The molecule has 0 aromatic carbocycles. The highest BCUT2D eigenvalue weighted by Gasteiger charge is 2.17. The number of hydrogen-bond donors (Lipinski definition) is 1. The van der Waals surface area contributed by atoms with Crippen LogP contribution in [-0.2, 0) is 4.74 Å².